The molecule has 0 unspecified atom stereocenters. The Kier molecular flexibility index (Phi) is 8.54. The number of nitrogens with one attached hydrogen (secondary N) is 1. The van der Waals surface area contributed by atoms with Gasteiger partial charge in [-0.3, -0.25) is 14.6 Å². The number of amides is 2. The molecule has 3 heterocycles. The Hall–Kier alpha value is -2.56. The molecular formula is C23H30IN5O3. The lowest BCUT2D eigenvalue weighted by atomic mass is 10.1. The van der Waals surface area contributed by atoms with Gasteiger partial charge in [-0.15, -0.1) is 24.0 Å². The molecule has 172 valence electrons. The van der Waals surface area contributed by atoms with Crippen LogP contribution in [0.2, 0.25) is 0 Å². The van der Waals surface area contributed by atoms with Gasteiger partial charge in [0.25, 0.3) is 5.91 Å². The second-order valence-corrected chi connectivity index (χ2v) is 7.90. The number of piperazine rings is 1. The van der Waals surface area contributed by atoms with Gasteiger partial charge in [0.2, 0.25) is 5.91 Å². The minimum atomic E-state index is -0.0686. The van der Waals surface area contributed by atoms with Crippen LogP contribution in [0.3, 0.4) is 0 Å². The molecule has 2 amide bonds. The second-order valence-electron chi connectivity index (χ2n) is 7.90. The van der Waals surface area contributed by atoms with Crippen molar-refractivity contribution in [3.05, 3.63) is 59.5 Å². The van der Waals surface area contributed by atoms with E-state index in [1.165, 1.54) is 6.26 Å². The molecular weight excluding hydrogens is 521 g/mol. The van der Waals surface area contributed by atoms with E-state index in [1.807, 2.05) is 15.9 Å². The Morgan fingerprint density at radius 2 is 1.81 bits per heavy atom. The number of hydrogen-bond acceptors (Lipinski definition) is 4. The molecule has 1 aromatic heterocycles. The zero-order valence-electron chi connectivity index (χ0n) is 18.3. The lowest BCUT2D eigenvalue weighted by molar-refractivity contribution is -0.128. The molecule has 2 fully saturated rings. The number of rotatable bonds is 5. The van der Waals surface area contributed by atoms with Crippen LogP contribution in [0.5, 0.6) is 0 Å². The van der Waals surface area contributed by atoms with Crippen LogP contribution in [-0.2, 0) is 17.9 Å². The first-order chi connectivity index (χ1) is 15.1. The predicted octanol–water partition coefficient (Wildman–Crippen LogP) is 2.55. The number of benzene rings is 1. The lowest BCUT2D eigenvalue weighted by Gasteiger charge is -2.36. The first-order valence-electron chi connectivity index (χ1n) is 10.8. The normalized spacial score (nSPS) is 16.8. The van der Waals surface area contributed by atoms with Gasteiger partial charge >= 0.3 is 0 Å². The number of halogens is 1. The number of carbonyl (C=O) groups is 2. The number of carbonyl (C=O) groups excluding carboxylic acids is 2. The minimum absolute atomic E-state index is 0. The number of aliphatic imine (C=N–C) groups is 1. The fourth-order valence-electron chi connectivity index (χ4n) is 4.12. The zero-order valence-corrected chi connectivity index (χ0v) is 20.7. The number of likely N-dealkylation sites (tertiary alicyclic amines) is 1. The van der Waals surface area contributed by atoms with Crippen molar-refractivity contribution < 1.29 is 14.0 Å². The molecule has 0 spiro atoms. The molecule has 2 saturated heterocycles. The predicted molar refractivity (Wildman–Crippen MR) is 133 cm³/mol. The topological polar surface area (TPSA) is 81.4 Å². The SMILES string of the molecule is CN=C(NCc1cccc(CN2CCCC2=O)c1)N1CCN(C(=O)c2ccco2)CC1.I. The highest BCUT2D eigenvalue weighted by Crippen LogP contribution is 2.15. The van der Waals surface area contributed by atoms with E-state index in [-0.39, 0.29) is 35.8 Å². The maximum atomic E-state index is 12.4. The molecule has 1 aromatic carbocycles. The second kappa shape index (κ2) is 11.3. The van der Waals surface area contributed by atoms with Crippen molar-refractivity contribution in [2.45, 2.75) is 25.9 Å². The molecule has 2 aromatic rings. The van der Waals surface area contributed by atoms with Crippen molar-refractivity contribution in [1.82, 2.24) is 20.0 Å². The van der Waals surface area contributed by atoms with Crippen LogP contribution in [0.15, 0.2) is 52.1 Å². The van der Waals surface area contributed by atoms with Crippen LogP contribution in [0.1, 0.15) is 34.5 Å². The summed E-state index contributed by atoms with van der Waals surface area (Å²) in [6.07, 6.45) is 3.14. The first-order valence-corrected chi connectivity index (χ1v) is 10.8. The summed E-state index contributed by atoms with van der Waals surface area (Å²) in [6.45, 7) is 4.85. The molecule has 2 aliphatic rings. The maximum Gasteiger partial charge on any atom is 0.289 e. The van der Waals surface area contributed by atoms with Gasteiger partial charge in [0.1, 0.15) is 0 Å². The Morgan fingerprint density at radius 1 is 1.06 bits per heavy atom. The molecule has 0 aliphatic carbocycles. The van der Waals surface area contributed by atoms with Gasteiger partial charge in [0.05, 0.1) is 6.26 Å². The van der Waals surface area contributed by atoms with Crippen molar-refractivity contribution in [2.24, 2.45) is 4.99 Å². The maximum absolute atomic E-state index is 12.4. The Balaban J connectivity index is 0.00000289. The van der Waals surface area contributed by atoms with E-state index in [1.54, 1.807) is 19.2 Å². The average molecular weight is 551 g/mol. The largest absolute Gasteiger partial charge is 0.459 e. The highest BCUT2D eigenvalue weighted by Gasteiger charge is 2.25. The molecule has 0 saturated carbocycles. The molecule has 0 atom stereocenters. The van der Waals surface area contributed by atoms with E-state index < -0.39 is 0 Å². The van der Waals surface area contributed by atoms with Gasteiger partial charge in [0, 0.05) is 59.3 Å². The quantitative estimate of drug-likeness (QED) is 0.351. The monoisotopic (exact) mass is 551 g/mol. The summed E-state index contributed by atoms with van der Waals surface area (Å²) in [5.74, 6) is 1.38. The number of nitrogens with zero attached hydrogens (tertiary/aromatic N) is 4. The Bertz CT molecular complexity index is 939. The van der Waals surface area contributed by atoms with Crippen molar-refractivity contribution in [2.75, 3.05) is 39.8 Å². The fraction of sp³-hybridized carbons (Fsp3) is 0.435. The van der Waals surface area contributed by atoms with E-state index in [2.05, 4.69) is 33.4 Å². The third-order valence-electron chi connectivity index (χ3n) is 5.80. The van der Waals surface area contributed by atoms with Crippen LogP contribution >= 0.6 is 24.0 Å². The van der Waals surface area contributed by atoms with Crippen LogP contribution in [0.4, 0.5) is 0 Å². The van der Waals surface area contributed by atoms with E-state index in [4.69, 9.17) is 4.42 Å². The summed E-state index contributed by atoms with van der Waals surface area (Å²) >= 11 is 0. The third-order valence-corrected chi connectivity index (χ3v) is 5.80. The molecule has 0 bridgehead atoms. The summed E-state index contributed by atoms with van der Waals surface area (Å²) in [5.41, 5.74) is 2.30. The van der Waals surface area contributed by atoms with Gasteiger partial charge in [0.15, 0.2) is 11.7 Å². The van der Waals surface area contributed by atoms with E-state index >= 15 is 0 Å². The number of furan rings is 1. The Labute approximate surface area is 205 Å². The Morgan fingerprint density at radius 3 is 2.47 bits per heavy atom. The summed E-state index contributed by atoms with van der Waals surface area (Å²) in [5, 5.41) is 3.43. The van der Waals surface area contributed by atoms with Gasteiger partial charge in [-0.05, 0) is 29.7 Å². The van der Waals surface area contributed by atoms with Crippen molar-refractivity contribution >= 4 is 41.8 Å². The van der Waals surface area contributed by atoms with Crippen molar-refractivity contribution in [1.29, 1.82) is 0 Å². The van der Waals surface area contributed by atoms with Crippen LogP contribution in [-0.4, -0.2) is 72.2 Å². The summed E-state index contributed by atoms with van der Waals surface area (Å²) < 4.78 is 5.23. The summed E-state index contributed by atoms with van der Waals surface area (Å²) in [4.78, 5) is 34.6. The molecule has 8 nitrogen and oxygen atoms in total. The van der Waals surface area contributed by atoms with E-state index in [0.29, 0.717) is 51.4 Å². The zero-order chi connectivity index (χ0) is 21.6. The summed E-state index contributed by atoms with van der Waals surface area (Å²) in [7, 11) is 1.78. The van der Waals surface area contributed by atoms with Crippen LogP contribution < -0.4 is 5.32 Å². The van der Waals surface area contributed by atoms with Crippen LogP contribution in [0, 0.1) is 0 Å². The average Bonchev–Trinajstić information content (AvgIpc) is 3.47. The molecule has 32 heavy (non-hydrogen) atoms. The highest BCUT2D eigenvalue weighted by molar-refractivity contribution is 14.0. The standard InChI is InChI=1S/C23H29N5O3.HI/c1-24-23(27-12-10-26(11-13-27)22(30)20-7-4-14-31-20)25-16-18-5-2-6-19(15-18)17-28-9-3-8-21(28)29;/h2,4-7,14-15H,3,8-13,16-17H2,1H3,(H,24,25);1H. The molecule has 0 radical (unpaired) electrons. The van der Waals surface area contributed by atoms with Crippen molar-refractivity contribution in [3.63, 3.8) is 0 Å². The van der Waals surface area contributed by atoms with Gasteiger partial charge in [-0.1, -0.05) is 24.3 Å². The molecule has 1 N–H and O–H groups in total. The minimum Gasteiger partial charge on any atom is -0.459 e. The van der Waals surface area contributed by atoms with Crippen molar-refractivity contribution in [3.8, 4) is 0 Å². The molecule has 2 aliphatic heterocycles. The van der Waals surface area contributed by atoms with Crippen LogP contribution in [0.25, 0.3) is 0 Å². The molecule has 9 heteroatoms. The van der Waals surface area contributed by atoms with Gasteiger partial charge in [-0.2, -0.15) is 0 Å². The number of guanidine groups is 1. The number of hydrogen-bond donors (Lipinski definition) is 1. The molecule has 4 rings (SSSR count). The van der Waals surface area contributed by atoms with E-state index in [0.717, 1.165) is 30.1 Å². The summed E-state index contributed by atoms with van der Waals surface area (Å²) in [6, 6.07) is 11.8. The lowest BCUT2D eigenvalue weighted by Crippen LogP contribution is -2.53. The smallest absolute Gasteiger partial charge is 0.289 e. The highest BCUT2D eigenvalue weighted by atomic mass is 127. The first kappa shape index (κ1) is 24.1. The van der Waals surface area contributed by atoms with E-state index in [9.17, 15) is 9.59 Å². The van der Waals surface area contributed by atoms with Gasteiger partial charge in [-0.25, -0.2) is 0 Å². The fourth-order valence-corrected chi connectivity index (χ4v) is 4.12. The van der Waals surface area contributed by atoms with Gasteiger partial charge < -0.3 is 24.4 Å². The third kappa shape index (κ3) is 5.81.